The van der Waals surface area contributed by atoms with E-state index in [2.05, 4.69) is 34.6 Å². The van der Waals surface area contributed by atoms with Crippen LogP contribution in [0.15, 0.2) is 0 Å². The molecule has 108 valence electrons. The molecule has 1 heterocycles. The van der Waals surface area contributed by atoms with E-state index >= 15 is 0 Å². The molecule has 4 heteroatoms. The number of hydrogen-bond acceptors (Lipinski definition) is 3. The highest BCUT2D eigenvalue weighted by atomic mass is 16.7. The zero-order chi connectivity index (χ0) is 14.0. The lowest BCUT2D eigenvalue weighted by Crippen LogP contribution is -2.65. The molecule has 5 atom stereocenters. The SMILES string of the molecule is CC(C)C[C@H](N)B1OC2CC3CC(C3(C)C)C2(C)O1. The highest BCUT2D eigenvalue weighted by molar-refractivity contribution is 6.47. The zero-order valence-electron chi connectivity index (χ0n) is 13.0. The summed E-state index contributed by atoms with van der Waals surface area (Å²) in [5.41, 5.74) is 6.56. The average molecular weight is 265 g/mol. The van der Waals surface area contributed by atoms with Crippen LogP contribution in [0.4, 0.5) is 0 Å². The Balaban J connectivity index is 1.74. The van der Waals surface area contributed by atoms with Crippen molar-refractivity contribution in [2.75, 3.05) is 0 Å². The summed E-state index contributed by atoms with van der Waals surface area (Å²) in [6.07, 6.45) is 3.67. The molecule has 4 unspecified atom stereocenters. The predicted octanol–water partition coefficient (Wildman–Crippen LogP) is 2.63. The summed E-state index contributed by atoms with van der Waals surface area (Å²) < 4.78 is 12.5. The molecule has 0 radical (unpaired) electrons. The molecular formula is C15H28BNO2. The first kappa shape index (κ1) is 13.9. The molecule has 1 saturated heterocycles. The van der Waals surface area contributed by atoms with Crippen molar-refractivity contribution in [3.8, 4) is 0 Å². The maximum absolute atomic E-state index is 6.35. The molecule has 4 rings (SSSR count). The van der Waals surface area contributed by atoms with E-state index in [9.17, 15) is 0 Å². The largest absolute Gasteiger partial charge is 0.475 e. The van der Waals surface area contributed by atoms with Crippen molar-refractivity contribution in [1.82, 2.24) is 0 Å². The first-order valence-electron chi connectivity index (χ1n) is 7.84. The van der Waals surface area contributed by atoms with E-state index in [0.29, 0.717) is 17.3 Å². The second kappa shape index (κ2) is 4.22. The molecule has 3 saturated carbocycles. The average Bonchev–Trinajstić information content (AvgIpc) is 2.64. The second-order valence-corrected chi connectivity index (χ2v) is 8.13. The summed E-state index contributed by atoms with van der Waals surface area (Å²) >= 11 is 0. The fourth-order valence-electron chi connectivity index (χ4n) is 4.74. The van der Waals surface area contributed by atoms with Gasteiger partial charge < -0.3 is 15.0 Å². The van der Waals surface area contributed by atoms with Crippen LogP contribution in [0.1, 0.15) is 53.9 Å². The Morgan fingerprint density at radius 2 is 1.95 bits per heavy atom. The highest BCUT2D eigenvalue weighted by Gasteiger charge is 2.68. The van der Waals surface area contributed by atoms with E-state index in [0.717, 1.165) is 18.8 Å². The van der Waals surface area contributed by atoms with E-state index in [4.69, 9.17) is 15.0 Å². The summed E-state index contributed by atoms with van der Waals surface area (Å²) in [5, 5.41) is 0. The van der Waals surface area contributed by atoms with Crippen LogP contribution >= 0.6 is 0 Å². The van der Waals surface area contributed by atoms with Gasteiger partial charge in [0.15, 0.2) is 0 Å². The van der Waals surface area contributed by atoms with Gasteiger partial charge >= 0.3 is 7.12 Å². The zero-order valence-corrected chi connectivity index (χ0v) is 13.0. The third-order valence-corrected chi connectivity index (χ3v) is 6.06. The predicted molar refractivity (Wildman–Crippen MR) is 77.5 cm³/mol. The first-order valence-corrected chi connectivity index (χ1v) is 7.84. The molecule has 4 fully saturated rings. The fraction of sp³-hybridized carbons (Fsp3) is 1.00. The van der Waals surface area contributed by atoms with Crippen LogP contribution in [0.5, 0.6) is 0 Å². The van der Waals surface area contributed by atoms with Crippen LogP contribution in [0.25, 0.3) is 0 Å². The summed E-state index contributed by atoms with van der Waals surface area (Å²) in [4.78, 5) is 0. The van der Waals surface area contributed by atoms with Gasteiger partial charge in [-0.15, -0.1) is 0 Å². The summed E-state index contributed by atoms with van der Waals surface area (Å²) in [5.74, 6) is 2.02. The molecule has 0 aromatic heterocycles. The van der Waals surface area contributed by atoms with Crippen LogP contribution < -0.4 is 5.73 Å². The number of rotatable bonds is 3. The molecule has 19 heavy (non-hydrogen) atoms. The van der Waals surface area contributed by atoms with Gasteiger partial charge in [-0.2, -0.15) is 0 Å². The number of hydrogen-bond donors (Lipinski definition) is 1. The Bertz CT molecular complexity index is 373. The van der Waals surface area contributed by atoms with Gasteiger partial charge in [0.25, 0.3) is 0 Å². The Kier molecular flexibility index (Phi) is 3.09. The molecule has 4 aliphatic rings. The van der Waals surface area contributed by atoms with Crippen molar-refractivity contribution < 1.29 is 9.31 Å². The molecule has 3 nitrogen and oxygen atoms in total. The van der Waals surface area contributed by atoms with Crippen molar-refractivity contribution in [2.45, 2.75) is 71.5 Å². The van der Waals surface area contributed by atoms with E-state index in [1.807, 2.05) is 0 Å². The number of nitrogens with two attached hydrogens (primary N) is 1. The summed E-state index contributed by atoms with van der Waals surface area (Å²) in [7, 11) is -0.201. The lowest BCUT2D eigenvalue weighted by Gasteiger charge is -2.64. The Hall–Kier alpha value is -0.0551. The van der Waals surface area contributed by atoms with E-state index in [1.165, 1.54) is 6.42 Å². The van der Waals surface area contributed by atoms with Crippen molar-refractivity contribution in [3.63, 3.8) is 0 Å². The Morgan fingerprint density at radius 1 is 1.26 bits per heavy atom. The van der Waals surface area contributed by atoms with Crippen LogP contribution in [-0.2, 0) is 9.31 Å². The van der Waals surface area contributed by atoms with Gasteiger partial charge in [0.2, 0.25) is 0 Å². The molecule has 0 aromatic rings. The molecule has 3 aliphatic carbocycles. The van der Waals surface area contributed by atoms with Crippen molar-refractivity contribution in [2.24, 2.45) is 28.9 Å². The maximum Gasteiger partial charge on any atom is 0.475 e. The normalized spacial score (nSPS) is 45.0. The Labute approximate surface area is 117 Å². The molecule has 2 N–H and O–H groups in total. The minimum Gasteiger partial charge on any atom is -0.404 e. The first-order chi connectivity index (χ1) is 8.75. The topological polar surface area (TPSA) is 44.5 Å². The Morgan fingerprint density at radius 3 is 2.53 bits per heavy atom. The third-order valence-electron chi connectivity index (χ3n) is 6.06. The summed E-state index contributed by atoms with van der Waals surface area (Å²) in [6.45, 7) is 11.4. The van der Waals surface area contributed by atoms with Crippen LogP contribution in [0, 0.1) is 23.2 Å². The second-order valence-electron chi connectivity index (χ2n) is 8.13. The van der Waals surface area contributed by atoms with Gasteiger partial charge in [-0.05, 0) is 49.4 Å². The van der Waals surface area contributed by atoms with Crippen molar-refractivity contribution in [1.29, 1.82) is 0 Å². The van der Waals surface area contributed by atoms with E-state index in [-0.39, 0.29) is 24.8 Å². The van der Waals surface area contributed by atoms with E-state index in [1.54, 1.807) is 0 Å². The maximum atomic E-state index is 6.35. The minimum atomic E-state index is -0.201. The van der Waals surface area contributed by atoms with Gasteiger partial charge in [0.05, 0.1) is 11.7 Å². The molecule has 0 aromatic carbocycles. The van der Waals surface area contributed by atoms with Crippen molar-refractivity contribution >= 4 is 7.12 Å². The third kappa shape index (κ3) is 1.90. The van der Waals surface area contributed by atoms with Crippen molar-refractivity contribution in [3.05, 3.63) is 0 Å². The quantitative estimate of drug-likeness (QED) is 0.798. The van der Waals surface area contributed by atoms with E-state index < -0.39 is 0 Å². The highest BCUT2D eigenvalue weighted by Crippen LogP contribution is 2.65. The minimum absolute atomic E-state index is 0.00253. The van der Waals surface area contributed by atoms with Gasteiger partial charge in [0.1, 0.15) is 0 Å². The van der Waals surface area contributed by atoms with Crippen LogP contribution in [-0.4, -0.2) is 24.8 Å². The smallest absolute Gasteiger partial charge is 0.404 e. The van der Waals surface area contributed by atoms with Crippen LogP contribution in [0.2, 0.25) is 0 Å². The van der Waals surface area contributed by atoms with Gasteiger partial charge in [0, 0.05) is 5.94 Å². The standard InChI is InChI=1S/C15H28BNO2/c1-9(2)6-13(17)16-18-12-8-10-7-11(14(10,3)4)15(12,5)19-16/h9-13H,6-8,17H2,1-5H3/t10?,11?,12?,13-,15?/m0/s1. The molecule has 0 spiro atoms. The monoisotopic (exact) mass is 265 g/mol. The van der Waals surface area contributed by atoms with Gasteiger partial charge in [-0.1, -0.05) is 27.7 Å². The lowest BCUT2D eigenvalue weighted by molar-refractivity contribution is -0.199. The van der Waals surface area contributed by atoms with Gasteiger partial charge in [-0.3, -0.25) is 0 Å². The summed E-state index contributed by atoms with van der Waals surface area (Å²) in [6, 6.07) is 0. The molecule has 0 amide bonds. The lowest BCUT2D eigenvalue weighted by atomic mass is 9.43. The molecule has 2 bridgehead atoms. The molecule has 1 aliphatic heterocycles. The molecular weight excluding hydrogens is 237 g/mol. The fourth-order valence-corrected chi connectivity index (χ4v) is 4.74. The van der Waals surface area contributed by atoms with Crippen LogP contribution in [0.3, 0.4) is 0 Å². The van der Waals surface area contributed by atoms with Gasteiger partial charge in [-0.25, -0.2) is 0 Å².